The van der Waals surface area contributed by atoms with Crippen LogP contribution in [0.15, 0.2) is 0 Å². The van der Waals surface area contributed by atoms with Crippen LogP contribution >= 0.6 is 0 Å². The average molecular weight is 273 g/mol. The number of rotatable bonds is 2. The number of nitrogens with one attached hydrogen (secondary N) is 1. The molecule has 0 aromatic heterocycles. The largest absolute Gasteiger partial charge is 0.456 e. The SMILES string of the molecule is C#Cc1c(C)c(NC)c(C)c(C(=O)OC(C)(C)C)c1C. The van der Waals surface area contributed by atoms with Crippen molar-refractivity contribution in [2.45, 2.75) is 47.1 Å². The van der Waals surface area contributed by atoms with Crippen molar-refractivity contribution in [2.75, 3.05) is 12.4 Å². The van der Waals surface area contributed by atoms with Crippen LogP contribution in [-0.2, 0) is 4.74 Å². The summed E-state index contributed by atoms with van der Waals surface area (Å²) in [6.07, 6.45) is 5.59. The summed E-state index contributed by atoms with van der Waals surface area (Å²) in [5, 5.41) is 3.12. The molecule has 0 atom stereocenters. The van der Waals surface area contributed by atoms with Gasteiger partial charge in [-0.1, -0.05) is 5.92 Å². The van der Waals surface area contributed by atoms with Gasteiger partial charge in [-0.25, -0.2) is 4.79 Å². The van der Waals surface area contributed by atoms with Crippen LogP contribution in [0.5, 0.6) is 0 Å². The molecule has 20 heavy (non-hydrogen) atoms. The Bertz CT molecular complexity index is 587. The Morgan fingerprint density at radius 2 is 1.70 bits per heavy atom. The smallest absolute Gasteiger partial charge is 0.339 e. The highest BCUT2D eigenvalue weighted by Gasteiger charge is 2.25. The van der Waals surface area contributed by atoms with E-state index in [2.05, 4.69) is 11.2 Å². The van der Waals surface area contributed by atoms with E-state index in [9.17, 15) is 4.79 Å². The molecule has 0 aliphatic rings. The van der Waals surface area contributed by atoms with E-state index in [1.54, 1.807) is 0 Å². The monoisotopic (exact) mass is 273 g/mol. The molecule has 0 aliphatic carbocycles. The fourth-order valence-corrected chi connectivity index (χ4v) is 2.45. The number of hydrogen-bond acceptors (Lipinski definition) is 3. The van der Waals surface area contributed by atoms with Crippen molar-refractivity contribution in [3.8, 4) is 12.3 Å². The minimum absolute atomic E-state index is 0.333. The maximum absolute atomic E-state index is 12.4. The lowest BCUT2D eigenvalue weighted by Gasteiger charge is -2.23. The summed E-state index contributed by atoms with van der Waals surface area (Å²) in [7, 11) is 1.82. The number of carbonyl (C=O) groups is 1. The zero-order valence-corrected chi connectivity index (χ0v) is 13.4. The number of carbonyl (C=O) groups excluding carboxylic acids is 1. The molecule has 0 unspecified atom stereocenters. The topological polar surface area (TPSA) is 38.3 Å². The molecule has 0 saturated carbocycles. The summed E-state index contributed by atoms with van der Waals surface area (Å²) in [6.45, 7) is 11.3. The third kappa shape index (κ3) is 2.96. The molecule has 0 amide bonds. The fourth-order valence-electron chi connectivity index (χ4n) is 2.45. The lowest BCUT2D eigenvalue weighted by molar-refractivity contribution is 0.00680. The molecule has 3 nitrogen and oxygen atoms in total. The molecule has 0 saturated heterocycles. The Morgan fingerprint density at radius 3 is 2.10 bits per heavy atom. The summed E-state index contributed by atoms with van der Waals surface area (Å²) in [5.74, 6) is 2.34. The molecular formula is C17H23NO2. The standard InChI is InChI=1S/C17H23NO2/c1-9-13-10(2)14(16(19)20-17(5,6)7)12(4)15(18-8)11(13)3/h1,18H,2-8H3. The van der Waals surface area contributed by atoms with E-state index in [0.29, 0.717) is 5.56 Å². The van der Waals surface area contributed by atoms with E-state index in [4.69, 9.17) is 11.2 Å². The molecule has 3 heteroatoms. The normalized spacial score (nSPS) is 10.9. The van der Waals surface area contributed by atoms with Crippen LogP contribution in [-0.4, -0.2) is 18.6 Å². The first-order chi connectivity index (χ1) is 9.14. The van der Waals surface area contributed by atoms with E-state index < -0.39 is 5.60 Å². The summed E-state index contributed by atoms with van der Waals surface area (Å²) >= 11 is 0. The summed E-state index contributed by atoms with van der Waals surface area (Å²) in [5.41, 5.74) is 4.33. The second-order valence-corrected chi connectivity index (χ2v) is 5.90. The first-order valence-corrected chi connectivity index (χ1v) is 6.65. The third-order valence-electron chi connectivity index (χ3n) is 3.25. The maximum atomic E-state index is 12.4. The lowest BCUT2D eigenvalue weighted by Crippen LogP contribution is -2.25. The number of terminal acetylenes is 1. The van der Waals surface area contributed by atoms with Crippen molar-refractivity contribution in [3.63, 3.8) is 0 Å². The number of benzene rings is 1. The molecule has 0 aliphatic heterocycles. The van der Waals surface area contributed by atoms with Crippen LogP contribution in [0.25, 0.3) is 0 Å². The highest BCUT2D eigenvalue weighted by molar-refractivity contribution is 5.96. The molecular weight excluding hydrogens is 250 g/mol. The molecule has 0 spiro atoms. The molecule has 1 N–H and O–H groups in total. The zero-order chi connectivity index (χ0) is 15.7. The van der Waals surface area contributed by atoms with Crippen molar-refractivity contribution in [1.82, 2.24) is 0 Å². The summed E-state index contributed by atoms with van der Waals surface area (Å²) in [4.78, 5) is 12.4. The van der Waals surface area contributed by atoms with E-state index in [1.165, 1.54) is 0 Å². The van der Waals surface area contributed by atoms with Gasteiger partial charge in [-0.15, -0.1) is 6.42 Å². The first kappa shape index (κ1) is 16.1. The minimum Gasteiger partial charge on any atom is -0.456 e. The van der Waals surface area contributed by atoms with Gasteiger partial charge in [0.1, 0.15) is 5.60 Å². The zero-order valence-electron chi connectivity index (χ0n) is 13.4. The van der Waals surface area contributed by atoms with Gasteiger partial charge >= 0.3 is 5.97 Å². The van der Waals surface area contributed by atoms with Gasteiger partial charge in [0.25, 0.3) is 0 Å². The summed E-state index contributed by atoms with van der Waals surface area (Å²) < 4.78 is 5.49. The van der Waals surface area contributed by atoms with Gasteiger partial charge in [0, 0.05) is 18.3 Å². The van der Waals surface area contributed by atoms with Gasteiger partial charge in [-0.2, -0.15) is 0 Å². The van der Waals surface area contributed by atoms with E-state index >= 15 is 0 Å². The van der Waals surface area contributed by atoms with Crippen LogP contribution in [0, 0.1) is 33.1 Å². The average Bonchev–Trinajstić information content (AvgIpc) is 2.27. The van der Waals surface area contributed by atoms with Crippen molar-refractivity contribution in [2.24, 2.45) is 0 Å². The van der Waals surface area contributed by atoms with Crippen LogP contribution < -0.4 is 5.32 Å². The lowest BCUT2D eigenvalue weighted by atomic mass is 9.91. The highest BCUT2D eigenvalue weighted by Crippen LogP contribution is 2.31. The molecule has 1 aromatic rings. The predicted octanol–water partition coefficient (Wildman–Crippen LogP) is 3.59. The number of hydrogen-bond donors (Lipinski definition) is 1. The van der Waals surface area contributed by atoms with Crippen LogP contribution in [0.1, 0.15) is 53.4 Å². The molecule has 0 radical (unpaired) electrons. The molecule has 108 valence electrons. The highest BCUT2D eigenvalue weighted by atomic mass is 16.6. The molecule has 0 bridgehead atoms. The summed E-state index contributed by atoms with van der Waals surface area (Å²) in [6, 6.07) is 0. The molecule has 1 aromatic carbocycles. The van der Waals surface area contributed by atoms with E-state index in [1.807, 2.05) is 48.6 Å². The minimum atomic E-state index is -0.531. The fraction of sp³-hybridized carbons (Fsp3) is 0.471. The van der Waals surface area contributed by atoms with Crippen molar-refractivity contribution in [1.29, 1.82) is 0 Å². The Hall–Kier alpha value is -1.95. The Balaban J connectivity index is 3.56. The van der Waals surface area contributed by atoms with Crippen molar-refractivity contribution < 1.29 is 9.53 Å². The number of esters is 1. The quantitative estimate of drug-likeness (QED) is 0.661. The van der Waals surface area contributed by atoms with Crippen LogP contribution in [0.2, 0.25) is 0 Å². The van der Waals surface area contributed by atoms with Crippen molar-refractivity contribution >= 4 is 11.7 Å². The second kappa shape index (κ2) is 5.58. The van der Waals surface area contributed by atoms with E-state index in [-0.39, 0.29) is 5.97 Å². The van der Waals surface area contributed by atoms with Gasteiger partial charge in [0.05, 0.1) is 5.56 Å². The Morgan fingerprint density at radius 1 is 1.15 bits per heavy atom. The van der Waals surface area contributed by atoms with Gasteiger partial charge < -0.3 is 10.1 Å². The Kier molecular flexibility index (Phi) is 4.50. The Labute approximate surface area is 121 Å². The molecule has 0 fully saturated rings. The molecule has 0 heterocycles. The first-order valence-electron chi connectivity index (χ1n) is 6.65. The van der Waals surface area contributed by atoms with Gasteiger partial charge in [-0.3, -0.25) is 0 Å². The van der Waals surface area contributed by atoms with Gasteiger partial charge in [-0.05, 0) is 58.2 Å². The number of ether oxygens (including phenoxy) is 1. The number of anilines is 1. The molecule has 1 rings (SSSR count). The maximum Gasteiger partial charge on any atom is 0.339 e. The second-order valence-electron chi connectivity index (χ2n) is 5.90. The van der Waals surface area contributed by atoms with E-state index in [0.717, 1.165) is 27.9 Å². The van der Waals surface area contributed by atoms with Crippen LogP contribution in [0.3, 0.4) is 0 Å². The van der Waals surface area contributed by atoms with Crippen LogP contribution in [0.4, 0.5) is 5.69 Å². The van der Waals surface area contributed by atoms with Gasteiger partial charge in [0.2, 0.25) is 0 Å². The third-order valence-corrected chi connectivity index (χ3v) is 3.25. The van der Waals surface area contributed by atoms with Crippen molar-refractivity contribution in [3.05, 3.63) is 27.8 Å². The van der Waals surface area contributed by atoms with Gasteiger partial charge in [0.15, 0.2) is 0 Å². The predicted molar refractivity (Wildman–Crippen MR) is 83.3 cm³/mol.